The van der Waals surface area contributed by atoms with Gasteiger partial charge in [-0.05, 0) is 48.1 Å². The Morgan fingerprint density at radius 3 is 2.72 bits per heavy atom. The summed E-state index contributed by atoms with van der Waals surface area (Å²) < 4.78 is 0. The molecule has 0 aromatic heterocycles. The van der Waals surface area contributed by atoms with Gasteiger partial charge in [0.2, 0.25) is 0 Å². The minimum absolute atomic E-state index is 0.713. The Morgan fingerprint density at radius 2 is 1.94 bits per heavy atom. The lowest BCUT2D eigenvalue weighted by Gasteiger charge is -2.25. The fourth-order valence-electron chi connectivity index (χ4n) is 2.74. The summed E-state index contributed by atoms with van der Waals surface area (Å²) in [5.41, 5.74) is 3.30. The molecule has 2 aromatic rings. The molecule has 92 valence electrons. The molecule has 2 aromatic carbocycles. The first-order valence-electron chi connectivity index (χ1n) is 6.19. The molecule has 1 aliphatic rings. The monoisotopic (exact) mass is 258 g/mol. The van der Waals surface area contributed by atoms with Crippen LogP contribution in [0.2, 0.25) is 5.02 Å². The van der Waals surface area contributed by atoms with E-state index < -0.39 is 5.60 Å². The van der Waals surface area contributed by atoms with Crippen molar-refractivity contribution in [2.45, 2.75) is 25.4 Å². The van der Waals surface area contributed by atoms with Crippen LogP contribution in [-0.2, 0) is 12.0 Å². The second-order valence-electron chi connectivity index (χ2n) is 4.98. The topological polar surface area (TPSA) is 20.2 Å². The van der Waals surface area contributed by atoms with E-state index in [-0.39, 0.29) is 0 Å². The van der Waals surface area contributed by atoms with Crippen LogP contribution in [-0.4, -0.2) is 5.11 Å². The predicted octanol–water partition coefficient (Wildman–Crippen LogP) is 3.83. The molecule has 1 N–H and O–H groups in total. The first-order valence-corrected chi connectivity index (χ1v) is 6.56. The first kappa shape index (κ1) is 11.8. The minimum atomic E-state index is -0.881. The molecule has 1 nitrogen and oxygen atoms in total. The van der Waals surface area contributed by atoms with Gasteiger partial charge in [0.1, 0.15) is 5.60 Å². The third kappa shape index (κ3) is 1.66. The molecular weight excluding hydrogens is 244 g/mol. The number of benzene rings is 2. The zero-order valence-electron chi connectivity index (χ0n) is 10.3. The predicted molar refractivity (Wildman–Crippen MR) is 74.0 cm³/mol. The van der Waals surface area contributed by atoms with Gasteiger partial charge in [0.25, 0.3) is 0 Å². The third-order valence-corrected chi connectivity index (χ3v) is 4.28. The SMILES string of the molecule is Cc1ccc(C2(O)CCc3ccccc32)cc1Cl. The van der Waals surface area contributed by atoms with Crippen LogP contribution in [0.15, 0.2) is 42.5 Å². The molecule has 0 radical (unpaired) electrons. The maximum absolute atomic E-state index is 11.0. The van der Waals surface area contributed by atoms with Gasteiger partial charge < -0.3 is 5.11 Å². The normalized spacial score (nSPS) is 21.9. The van der Waals surface area contributed by atoms with Crippen molar-refractivity contribution in [2.24, 2.45) is 0 Å². The highest BCUT2D eigenvalue weighted by molar-refractivity contribution is 6.31. The van der Waals surface area contributed by atoms with E-state index in [0.29, 0.717) is 5.02 Å². The van der Waals surface area contributed by atoms with Gasteiger partial charge in [0.05, 0.1) is 0 Å². The highest BCUT2D eigenvalue weighted by Crippen LogP contribution is 2.42. The lowest BCUT2D eigenvalue weighted by Crippen LogP contribution is -2.23. The largest absolute Gasteiger partial charge is 0.380 e. The number of fused-ring (bicyclic) bond motifs is 1. The van der Waals surface area contributed by atoms with E-state index in [9.17, 15) is 5.11 Å². The van der Waals surface area contributed by atoms with E-state index in [2.05, 4.69) is 6.07 Å². The zero-order valence-corrected chi connectivity index (χ0v) is 11.0. The Morgan fingerprint density at radius 1 is 1.17 bits per heavy atom. The Kier molecular flexibility index (Phi) is 2.69. The fourth-order valence-corrected chi connectivity index (χ4v) is 2.92. The van der Waals surface area contributed by atoms with Crippen LogP contribution in [0.5, 0.6) is 0 Å². The maximum Gasteiger partial charge on any atom is 0.115 e. The van der Waals surface area contributed by atoms with Gasteiger partial charge in [-0.2, -0.15) is 0 Å². The Bertz CT molecular complexity index is 606. The number of rotatable bonds is 1. The van der Waals surface area contributed by atoms with Crippen LogP contribution < -0.4 is 0 Å². The molecule has 0 amide bonds. The van der Waals surface area contributed by atoms with Gasteiger partial charge in [0, 0.05) is 5.02 Å². The summed E-state index contributed by atoms with van der Waals surface area (Å²) in [7, 11) is 0. The molecule has 1 unspecified atom stereocenters. The number of hydrogen-bond donors (Lipinski definition) is 1. The molecule has 2 heteroatoms. The van der Waals surface area contributed by atoms with E-state index in [1.165, 1.54) is 5.56 Å². The summed E-state index contributed by atoms with van der Waals surface area (Å²) in [6.45, 7) is 1.97. The summed E-state index contributed by atoms with van der Waals surface area (Å²) in [5, 5.41) is 11.7. The highest BCUT2D eigenvalue weighted by atomic mass is 35.5. The van der Waals surface area contributed by atoms with Crippen molar-refractivity contribution in [1.82, 2.24) is 0 Å². The lowest BCUT2D eigenvalue weighted by molar-refractivity contribution is 0.0829. The summed E-state index contributed by atoms with van der Waals surface area (Å²) >= 11 is 6.17. The lowest BCUT2D eigenvalue weighted by atomic mass is 9.87. The van der Waals surface area contributed by atoms with Gasteiger partial charge in [-0.1, -0.05) is 48.0 Å². The molecular formula is C16H15ClO. The van der Waals surface area contributed by atoms with Crippen molar-refractivity contribution in [1.29, 1.82) is 0 Å². The molecule has 0 saturated carbocycles. The smallest absolute Gasteiger partial charge is 0.115 e. The number of aliphatic hydroxyl groups is 1. The van der Waals surface area contributed by atoms with E-state index in [4.69, 9.17) is 11.6 Å². The van der Waals surface area contributed by atoms with E-state index in [1.807, 2.05) is 43.3 Å². The van der Waals surface area contributed by atoms with Crippen molar-refractivity contribution >= 4 is 11.6 Å². The Labute approximate surface area is 112 Å². The van der Waals surface area contributed by atoms with Crippen LogP contribution >= 0.6 is 11.6 Å². The summed E-state index contributed by atoms with van der Waals surface area (Å²) in [6, 6.07) is 13.9. The maximum atomic E-state index is 11.0. The minimum Gasteiger partial charge on any atom is -0.380 e. The quantitative estimate of drug-likeness (QED) is 0.824. The van der Waals surface area contributed by atoms with Crippen molar-refractivity contribution in [2.75, 3.05) is 0 Å². The van der Waals surface area contributed by atoms with Crippen LogP contribution in [0.1, 0.15) is 28.7 Å². The molecule has 18 heavy (non-hydrogen) atoms. The molecule has 0 saturated heterocycles. The molecule has 1 aliphatic carbocycles. The summed E-state index contributed by atoms with van der Waals surface area (Å²) in [5.74, 6) is 0. The van der Waals surface area contributed by atoms with Crippen molar-refractivity contribution in [3.8, 4) is 0 Å². The Balaban J connectivity index is 2.14. The second kappa shape index (κ2) is 4.11. The van der Waals surface area contributed by atoms with Crippen LogP contribution in [0, 0.1) is 6.92 Å². The van der Waals surface area contributed by atoms with E-state index in [0.717, 1.165) is 29.5 Å². The molecule has 0 fully saturated rings. The molecule has 0 bridgehead atoms. The highest BCUT2D eigenvalue weighted by Gasteiger charge is 2.38. The van der Waals surface area contributed by atoms with Crippen LogP contribution in [0.25, 0.3) is 0 Å². The zero-order chi connectivity index (χ0) is 12.8. The van der Waals surface area contributed by atoms with Crippen LogP contribution in [0.3, 0.4) is 0 Å². The van der Waals surface area contributed by atoms with E-state index >= 15 is 0 Å². The fraction of sp³-hybridized carbons (Fsp3) is 0.250. The molecule has 3 rings (SSSR count). The molecule has 0 aliphatic heterocycles. The molecule has 0 spiro atoms. The van der Waals surface area contributed by atoms with Crippen molar-refractivity contribution < 1.29 is 5.11 Å². The standard InChI is InChI=1S/C16H15ClO/c1-11-6-7-13(10-15(11)17)16(18)9-8-12-4-2-3-5-14(12)16/h2-7,10,18H,8-9H2,1H3. The number of halogens is 1. The number of aryl methyl sites for hydroxylation is 2. The average Bonchev–Trinajstić information content (AvgIpc) is 2.73. The summed E-state index contributed by atoms with van der Waals surface area (Å²) in [6.07, 6.45) is 1.64. The van der Waals surface area contributed by atoms with Crippen molar-refractivity contribution in [3.05, 3.63) is 69.7 Å². The van der Waals surface area contributed by atoms with Crippen LogP contribution in [0.4, 0.5) is 0 Å². The van der Waals surface area contributed by atoms with Crippen molar-refractivity contribution in [3.63, 3.8) is 0 Å². The molecule has 1 atom stereocenters. The van der Waals surface area contributed by atoms with Gasteiger partial charge in [-0.25, -0.2) is 0 Å². The van der Waals surface area contributed by atoms with Gasteiger partial charge in [0.15, 0.2) is 0 Å². The summed E-state index contributed by atoms with van der Waals surface area (Å²) in [4.78, 5) is 0. The number of hydrogen-bond acceptors (Lipinski definition) is 1. The van der Waals surface area contributed by atoms with E-state index in [1.54, 1.807) is 0 Å². The second-order valence-corrected chi connectivity index (χ2v) is 5.39. The van der Waals surface area contributed by atoms with Gasteiger partial charge in [-0.15, -0.1) is 0 Å². The van der Waals surface area contributed by atoms with Gasteiger partial charge >= 0.3 is 0 Å². The molecule has 0 heterocycles. The first-order chi connectivity index (χ1) is 8.61. The van der Waals surface area contributed by atoms with Gasteiger partial charge in [-0.3, -0.25) is 0 Å². The third-order valence-electron chi connectivity index (χ3n) is 3.87. The Hall–Kier alpha value is -1.31. The average molecular weight is 259 g/mol.